The second-order valence-corrected chi connectivity index (χ2v) is 10.2. The van der Waals surface area contributed by atoms with Gasteiger partial charge in [-0.15, -0.1) is 0 Å². The van der Waals surface area contributed by atoms with Gasteiger partial charge in [0, 0.05) is 55.6 Å². The monoisotopic (exact) mass is 449 g/mol. The van der Waals surface area contributed by atoms with Gasteiger partial charge < -0.3 is 9.80 Å². The zero-order valence-electron chi connectivity index (χ0n) is 18.9. The summed E-state index contributed by atoms with van der Waals surface area (Å²) in [7, 11) is 0. The highest BCUT2D eigenvalue weighted by molar-refractivity contribution is 7.08. The Balaban J connectivity index is 1.29. The first-order valence-corrected chi connectivity index (χ1v) is 12.6. The average molecular weight is 450 g/mol. The van der Waals surface area contributed by atoms with Crippen molar-refractivity contribution in [3.05, 3.63) is 41.1 Å². The van der Waals surface area contributed by atoms with Crippen molar-refractivity contribution in [2.24, 2.45) is 11.8 Å². The highest BCUT2D eigenvalue weighted by Gasteiger charge is 2.28. The molecule has 7 heteroatoms. The molecule has 0 N–H and O–H groups in total. The third kappa shape index (κ3) is 4.50. The van der Waals surface area contributed by atoms with E-state index in [2.05, 4.69) is 63.6 Å². The van der Waals surface area contributed by atoms with Crippen LogP contribution in [-0.4, -0.2) is 71.5 Å². The summed E-state index contributed by atoms with van der Waals surface area (Å²) in [5.41, 5.74) is 2.04. The number of carbonyl (C=O) groups excluding carboxylic acids is 1. The fraction of sp³-hybridized carbons (Fsp3) is 0.480. The number of rotatable bonds is 4. The van der Waals surface area contributed by atoms with E-state index < -0.39 is 0 Å². The summed E-state index contributed by atoms with van der Waals surface area (Å²) in [6.45, 7) is 10.3. The topological polar surface area (TPSA) is 52.6 Å². The number of aromatic nitrogens is 2. The van der Waals surface area contributed by atoms with Crippen molar-refractivity contribution in [2.45, 2.75) is 20.3 Å². The Bertz CT molecular complexity index is 1070. The molecule has 2 unspecified atom stereocenters. The number of hydrogen-bond donors (Lipinski definition) is 0. The van der Waals surface area contributed by atoms with Crippen molar-refractivity contribution in [3.63, 3.8) is 0 Å². The standard InChI is InChI=1S/C25H31N5OS/c1-18-13-19(2)15-30(14-18)23(31)16-28-8-10-29(11-9-28)25-21-5-3-4-6-22(21)26-24(27-25)20-7-12-32-17-20/h3-7,12,17-19H,8-11,13-16H2,1-2H3. The van der Waals surface area contributed by atoms with E-state index >= 15 is 0 Å². The Hall–Kier alpha value is -2.51. The Morgan fingerprint density at radius 3 is 2.50 bits per heavy atom. The molecule has 6 nitrogen and oxygen atoms in total. The first kappa shape index (κ1) is 21.3. The third-order valence-electron chi connectivity index (χ3n) is 6.61. The van der Waals surface area contributed by atoms with E-state index in [1.165, 1.54) is 6.42 Å². The van der Waals surface area contributed by atoms with Gasteiger partial charge in [-0.3, -0.25) is 9.69 Å². The molecule has 2 aliphatic rings. The number of likely N-dealkylation sites (tertiary alicyclic amines) is 1. The number of piperidine rings is 1. The zero-order valence-corrected chi connectivity index (χ0v) is 19.7. The van der Waals surface area contributed by atoms with Crippen molar-refractivity contribution < 1.29 is 4.79 Å². The predicted octanol–water partition coefficient (Wildman–Crippen LogP) is 3.98. The first-order chi connectivity index (χ1) is 15.6. The summed E-state index contributed by atoms with van der Waals surface area (Å²) in [6.07, 6.45) is 1.22. The van der Waals surface area contributed by atoms with E-state index in [4.69, 9.17) is 9.97 Å². The molecular formula is C25H31N5OS. The van der Waals surface area contributed by atoms with Gasteiger partial charge in [0.25, 0.3) is 0 Å². The summed E-state index contributed by atoms with van der Waals surface area (Å²) < 4.78 is 0. The van der Waals surface area contributed by atoms with Crippen LogP contribution in [-0.2, 0) is 4.79 Å². The van der Waals surface area contributed by atoms with E-state index in [1.807, 2.05) is 6.07 Å². The van der Waals surface area contributed by atoms with Gasteiger partial charge in [0.1, 0.15) is 5.82 Å². The molecule has 0 saturated carbocycles. The number of piperazine rings is 1. The largest absolute Gasteiger partial charge is 0.353 e. The highest BCUT2D eigenvalue weighted by atomic mass is 32.1. The Kier molecular flexibility index (Phi) is 6.11. The molecule has 2 fully saturated rings. The van der Waals surface area contributed by atoms with Crippen LogP contribution in [0.3, 0.4) is 0 Å². The van der Waals surface area contributed by atoms with Crippen LogP contribution in [0.2, 0.25) is 0 Å². The fourth-order valence-corrected chi connectivity index (χ4v) is 5.73. The van der Waals surface area contributed by atoms with Gasteiger partial charge in [0.2, 0.25) is 5.91 Å². The lowest BCUT2D eigenvalue weighted by Crippen LogP contribution is -2.52. The van der Waals surface area contributed by atoms with Gasteiger partial charge in [-0.1, -0.05) is 26.0 Å². The second-order valence-electron chi connectivity index (χ2n) is 9.41. The van der Waals surface area contributed by atoms with Crippen LogP contribution in [0.15, 0.2) is 41.1 Å². The molecule has 0 spiro atoms. The normalized spacial score (nSPS) is 22.4. The molecule has 32 heavy (non-hydrogen) atoms. The van der Waals surface area contributed by atoms with Crippen LogP contribution in [0.5, 0.6) is 0 Å². The van der Waals surface area contributed by atoms with Crippen molar-refractivity contribution in [2.75, 3.05) is 50.7 Å². The lowest BCUT2D eigenvalue weighted by atomic mass is 9.92. The number of nitrogens with zero attached hydrogens (tertiary/aromatic N) is 5. The molecule has 2 aromatic heterocycles. The molecule has 5 rings (SSSR count). The fourth-order valence-electron chi connectivity index (χ4n) is 5.10. The Morgan fingerprint density at radius 2 is 1.78 bits per heavy atom. The molecule has 2 atom stereocenters. The smallest absolute Gasteiger partial charge is 0.236 e. The maximum Gasteiger partial charge on any atom is 0.236 e. The van der Waals surface area contributed by atoms with Crippen LogP contribution in [0.25, 0.3) is 22.3 Å². The molecule has 1 amide bonds. The van der Waals surface area contributed by atoms with Crippen LogP contribution < -0.4 is 4.90 Å². The summed E-state index contributed by atoms with van der Waals surface area (Å²) >= 11 is 1.66. The summed E-state index contributed by atoms with van der Waals surface area (Å²) in [5, 5.41) is 5.25. The Labute approximate surface area is 193 Å². The van der Waals surface area contributed by atoms with Gasteiger partial charge in [0.15, 0.2) is 5.82 Å². The molecule has 1 aromatic carbocycles. The van der Waals surface area contributed by atoms with E-state index in [9.17, 15) is 4.79 Å². The lowest BCUT2D eigenvalue weighted by Gasteiger charge is -2.39. The van der Waals surface area contributed by atoms with Crippen LogP contribution in [0, 0.1) is 11.8 Å². The summed E-state index contributed by atoms with van der Waals surface area (Å²) in [4.78, 5) is 29.4. The van der Waals surface area contributed by atoms with E-state index in [1.54, 1.807) is 11.3 Å². The molecule has 2 saturated heterocycles. The number of fused-ring (bicyclic) bond motifs is 1. The van der Waals surface area contributed by atoms with Gasteiger partial charge in [-0.25, -0.2) is 9.97 Å². The first-order valence-electron chi connectivity index (χ1n) is 11.6. The van der Waals surface area contributed by atoms with Gasteiger partial charge in [0.05, 0.1) is 12.1 Å². The average Bonchev–Trinajstić information content (AvgIpc) is 3.33. The summed E-state index contributed by atoms with van der Waals surface area (Å²) in [6, 6.07) is 10.3. The maximum absolute atomic E-state index is 12.9. The molecule has 0 radical (unpaired) electrons. The number of carbonyl (C=O) groups is 1. The molecule has 168 valence electrons. The number of benzene rings is 1. The minimum atomic E-state index is 0.282. The van der Waals surface area contributed by atoms with Gasteiger partial charge in [-0.2, -0.15) is 11.3 Å². The third-order valence-corrected chi connectivity index (χ3v) is 7.30. The van der Waals surface area contributed by atoms with Crippen LogP contribution >= 0.6 is 11.3 Å². The number of anilines is 1. The van der Waals surface area contributed by atoms with Crippen molar-refractivity contribution in [3.8, 4) is 11.4 Å². The number of para-hydroxylation sites is 1. The zero-order chi connectivity index (χ0) is 22.1. The molecule has 0 aliphatic carbocycles. The maximum atomic E-state index is 12.9. The number of hydrogen-bond acceptors (Lipinski definition) is 6. The van der Waals surface area contributed by atoms with Crippen molar-refractivity contribution in [1.82, 2.24) is 19.8 Å². The van der Waals surface area contributed by atoms with Gasteiger partial charge >= 0.3 is 0 Å². The second kappa shape index (κ2) is 9.16. The minimum Gasteiger partial charge on any atom is -0.353 e. The SMILES string of the molecule is CC1CC(C)CN(C(=O)CN2CCN(c3nc(-c4ccsc4)nc4ccccc34)CC2)C1. The quantitative estimate of drug-likeness (QED) is 0.603. The minimum absolute atomic E-state index is 0.282. The Morgan fingerprint density at radius 1 is 1.03 bits per heavy atom. The van der Waals surface area contributed by atoms with E-state index in [-0.39, 0.29) is 5.91 Å². The van der Waals surface area contributed by atoms with E-state index in [0.717, 1.165) is 67.4 Å². The van der Waals surface area contributed by atoms with Crippen molar-refractivity contribution in [1.29, 1.82) is 0 Å². The number of thiophene rings is 1. The lowest BCUT2D eigenvalue weighted by molar-refractivity contribution is -0.135. The van der Waals surface area contributed by atoms with Crippen molar-refractivity contribution >= 4 is 34.0 Å². The molecule has 3 aromatic rings. The van der Waals surface area contributed by atoms with E-state index in [0.29, 0.717) is 18.4 Å². The van der Waals surface area contributed by atoms with Gasteiger partial charge in [-0.05, 0) is 41.8 Å². The molecular weight excluding hydrogens is 418 g/mol. The predicted molar refractivity (Wildman–Crippen MR) is 131 cm³/mol. The molecule has 4 heterocycles. The van der Waals surface area contributed by atoms with Crippen LogP contribution in [0.4, 0.5) is 5.82 Å². The summed E-state index contributed by atoms with van der Waals surface area (Å²) in [5.74, 6) is 3.27. The molecule has 2 aliphatic heterocycles. The number of amides is 1. The highest BCUT2D eigenvalue weighted by Crippen LogP contribution is 2.29. The molecule has 0 bridgehead atoms. The van der Waals surface area contributed by atoms with Crippen LogP contribution in [0.1, 0.15) is 20.3 Å².